The number of ether oxygens (including phenoxy) is 1. The number of para-hydroxylation sites is 1. The van der Waals surface area contributed by atoms with Crippen LogP contribution in [0.1, 0.15) is 33.8 Å². The van der Waals surface area contributed by atoms with Gasteiger partial charge in [0.05, 0.1) is 11.3 Å². The summed E-state index contributed by atoms with van der Waals surface area (Å²) in [6.45, 7) is 17.7. The second-order valence-electron chi connectivity index (χ2n) is 5.92. The molecular weight excluding hydrogens is 457 g/mol. The maximum Gasteiger partial charge on any atom is 0.292 e. The van der Waals surface area contributed by atoms with Gasteiger partial charge in [0.1, 0.15) is 5.76 Å². The number of carbonyl (C=O) groups is 2. The molecule has 1 rings (SSSR count). The average Bonchev–Trinajstić information content (AvgIpc) is 2.82. The normalized spacial score (nSPS) is 10.2. The molecule has 0 saturated heterocycles. The van der Waals surface area contributed by atoms with Crippen LogP contribution in [-0.4, -0.2) is 30.5 Å². The van der Waals surface area contributed by atoms with E-state index < -0.39 is 18.3 Å². The van der Waals surface area contributed by atoms with E-state index in [2.05, 4.69) is 19.7 Å². The Balaban J connectivity index is -0.00000182. The van der Waals surface area contributed by atoms with Crippen LogP contribution < -0.4 is 5.12 Å². The summed E-state index contributed by atoms with van der Waals surface area (Å²) in [7, 11) is 1.00. The highest BCUT2D eigenvalue weighted by Crippen LogP contribution is 2.22. The second-order valence-corrected chi connectivity index (χ2v) is 6.40. The summed E-state index contributed by atoms with van der Waals surface area (Å²) in [4.78, 5) is 24.7. The fourth-order valence-electron chi connectivity index (χ4n) is 2.16. The SMILES string of the molecule is C.C=C(Cl)/C=C(\C(=C)OCC(=O)N(F)c1ccccc1C)C(=O)C(=C)/C=C\C=C/C.CC.CO. The second kappa shape index (κ2) is 20.4. The van der Waals surface area contributed by atoms with Crippen molar-refractivity contribution in [3.63, 3.8) is 0 Å². The van der Waals surface area contributed by atoms with Crippen LogP contribution in [-0.2, 0) is 14.3 Å². The number of rotatable bonds is 10. The first-order valence-corrected chi connectivity index (χ1v) is 10.5. The molecule has 34 heavy (non-hydrogen) atoms. The minimum Gasteiger partial charge on any atom is -0.484 e. The van der Waals surface area contributed by atoms with Crippen LogP contribution in [0.2, 0.25) is 0 Å². The van der Waals surface area contributed by atoms with Crippen LogP contribution in [0.4, 0.5) is 10.2 Å². The summed E-state index contributed by atoms with van der Waals surface area (Å²) in [6, 6.07) is 6.48. The molecule has 7 heteroatoms. The Morgan fingerprint density at radius 1 is 1.15 bits per heavy atom. The zero-order valence-electron chi connectivity index (χ0n) is 19.9. The van der Waals surface area contributed by atoms with Gasteiger partial charge in [-0.1, -0.05) is 99.6 Å². The molecule has 0 unspecified atom stereocenters. The highest BCUT2D eigenvalue weighted by molar-refractivity contribution is 6.31. The zero-order chi connectivity index (χ0) is 26.0. The molecule has 0 radical (unpaired) electrons. The van der Waals surface area contributed by atoms with Gasteiger partial charge in [0.2, 0.25) is 0 Å². The van der Waals surface area contributed by atoms with Gasteiger partial charge >= 0.3 is 0 Å². The van der Waals surface area contributed by atoms with E-state index in [4.69, 9.17) is 21.4 Å². The van der Waals surface area contributed by atoms with Crippen molar-refractivity contribution < 1.29 is 23.9 Å². The van der Waals surface area contributed by atoms with Gasteiger partial charge < -0.3 is 9.84 Å². The van der Waals surface area contributed by atoms with Crippen molar-refractivity contribution in [2.75, 3.05) is 18.8 Å². The van der Waals surface area contributed by atoms with Gasteiger partial charge in [0.15, 0.2) is 12.4 Å². The molecule has 0 aliphatic carbocycles. The van der Waals surface area contributed by atoms with E-state index in [1.54, 1.807) is 43.4 Å². The molecule has 5 nitrogen and oxygen atoms in total. The first-order valence-electron chi connectivity index (χ1n) is 10.1. The van der Waals surface area contributed by atoms with Gasteiger partial charge in [0.25, 0.3) is 5.91 Å². The van der Waals surface area contributed by atoms with E-state index in [9.17, 15) is 14.1 Å². The standard InChI is InChI=1S/C23H23ClFNO3.C2H6.CH4O.CH4/c1-6-7-8-12-17(3)23(28)20(14-18(4)24)19(5)29-15-22(27)26(25)21-13-10-9-11-16(21)2;2*1-2;/h6-14H,3-5,15H2,1-2H3;1-2H3;2H,1H3;1H4/b7-6-,12-8-,20-14+;;;. The number of ketones is 1. The smallest absolute Gasteiger partial charge is 0.292 e. The van der Waals surface area contributed by atoms with E-state index in [1.807, 2.05) is 20.8 Å². The van der Waals surface area contributed by atoms with E-state index in [1.165, 1.54) is 18.2 Å². The Kier molecular flexibility index (Phi) is 21.2. The van der Waals surface area contributed by atoms with Gasteiger partial charge in [-0.25, -0.2) is 0 Å². The van der Waals surface area contributed by atoms with Crippen molar-refractivity contribution in [1.82, 2.24) is 0 Å². The molecule has 0 aliphatic rings. The number of halogens is 2. The number of carbonyl (C=O) groups excluding carboxylic acids is 2. The van der Waals surface area contributed by atoms with Crippen molar-refractivity contribution in [3.8, 4) is 0 Å². The number of allylic oxidation sites excluding steroid dienone is 8. The van der Waals surface area contributed by atoms with Crippen LogP contribution in [0.3, 0.4) is 0 Å². The number of benzene rings is 1. The molecule has 0 aromatic heterocycles. The molecule has 0 heterocycles. The highest BCUT2D eigenvalue weighted by Gasteiger charge is 2.21. The number of aryl methyl sites for hydroxylation is 1. The average molecular weight is 494 g/mol. The predicted molar refractivity (Wildman–Crippen MR) is 142 cm³/mol. The Morgan fingerprint density at radius 2 is 1.71 bits per heavy atom. The largest absolute Gasteiger partial charge is 0.484 e. The Bertz CT molecular complexity index is 917. The van der Waals surface area contributed by atoms with Gasteiger partial charge in [-0.2, -0.15) is 0 Å². The van der Waals surface area contributed by atoms with E-state index in [0.29, 0.717) is 5.56 Å². The molecule has 1 N–H and O–H groups in total. The van der Waals surface area contributed by atoms with E-state index in [0.717, 1.165) is 7.11 Å². The van der Waals surface area contributed by atoms with Crippen LogP contribution in [0.25, 0.3) is 0 Å². The fraction of sp³-hybridized carbons (Fsp3) is 0.259. The molecule has 0 spiro atoms. The molecule has 0 bridgehead atoms. The molecule has 1 aromatic carbocycles. The zero-order valence-corrected chi connectivity index (χ0v) is 20.7. The molecular formula is C27H37ClFNO4. The van der Waals surface area contributed by atoms with Crippen molar-refractivity contribution in [3.05, 3.63) is 102 Å². The topological polar surface area (TPSA) is 66.8 Å². The third-order valence-electron chi connectivity index (χ3n) is 3.65. The summed E-state index contributed by atoms with van der Waals surface area (Å²) in [5.41, 5.74) is 0.806. The number of hydrogen-bond donors (Lipinski definition) is 1. The number of aliphatic hydroxyl groups is 1. The summed E-state index contributed by atoms with van der Waals surface area (Å²) >= 11 is 5.79. The third kappa shape index (κ3) is 12.7. The number of hydrogen-bond acceptors (Lipinski definition) is 4. The molecule has 0 fully saturated rings. The minimum absolute atomic E-state index is 0. The van der Waals surface area contributed by atoms with E-state index >= 15 is 0 Å². The maximum atomic E-state index is 14.3. The molecule has 1 aromatic rings. The maximum absolute atomic E-state index is 14.3. The fourth-order valence-corrected chi connectivity index (χ4v) is 2.27. The van der Waals surface area contributed by atoms with Gasteiger partial charge in [0, 0.05) is 17.7 Å². The lowest BCUT2D eigenvalue weighted by atomic mass is 10.0. The molecule has 0 atom stereocenters. The lowest BCUT2D eigenvalue weighted by molar-refractivity contribution is -0.124. The van der Waals surface area contributed by atoms with Crippen LogP contribution in [0, 0.1) is 6.92 Å². The number of aliphatic hydroxyl groups excluding tert-OH is 1. The Morgan fingerprint density at radius 3 is 2.21 bits per heavy atom. The Hall–Kier alpha value is -3.22. The number of nitrogens with zero attached hydrogens (tertiary/aromatic N) is 1. The lowest BCUT2D eigenvalue weighted by Crippen LogP contribution is -2.27. The number of Topliss-reactive ketones (excluding diaryl/α,β-unsaturated/α-hetero) is 1. The molecule has 0 saturated carbocycles. The van der Waals surface area contributed by atoms with Crippen LogP contribution in [0.5, 0.6) is 0 Å². The number of anilines is 1. The predicted octanol–water partition coefficient (Wildman–Crippen LogP) is 6.95. The van der Waals surface area contributed by atoms with Crippen molar-refractivity contribution in [1.29, 1.82) is 0 Å². The van der Waals surface area contributed by atoms with Gasteiger partial charge in [-0.15, -0.1) is 5.12 Å². The lowest BCUT2D eigenvalue weighted by Gasteiger charge is -2.16. The monoisotopic (exact) mass is 493 g/mol. The first-order chi connectivity index (χ1) is 15.7. The minimum atomic E-state index is -0.955. The van der Waals surface area contributed by atoms with E-state index in [-0.39, 0.29) is 40.2 Å². The van der Waals surface area contributed by atoms with Gasteiger partial charge in [-0.05, 0) is 31.6 Å². The summed E-state index contributed by atoms with van der Waals surface area (Å²) in [6.07, 6.45) is 7.92. The van der Waals surface area contributed by atoms with Crippen molar-refractivity contribution >= 4 is 29.0 Å². The highest BCUT2D eigenvalue weighted by atomic mass is 35.5. The van der Waals surface area contributed by atoms with Gasteiger partial charge in [-0.3, -0.25) is 9.59 Å². The van der Waals surface area contributed by atoms with Crippen molar-refractivity contribution in [2.45, 2.75) is 35.1 Å². The Labute approximate surface area is 208 Å². The van der Waals surface area contributed by atoms with Crippen LogP contribution >= 0.6 is 11.6 Å². The van der Waals surface area contributed by atoms with Crippen LogP contribution in [0.15, 0.2) is 96.3 Å². The summed E-state index contributed by atoms with van der Waals surface area (Å²) < 4.78 is 19.6. The molecule has 1 amide bonds. The summed E-state index contributed by atoms with van der Waals surface area (Å²) in [5, 5.41) is 7.05. The first kappa shape index (κ1) is 35.4. The summed E-state index contributed by atoms with van der Waals surface area (Å²) in [5.74, 6) is -1.62. The van der Waals surface area contributed by atoms with Crippen molar-refractivity contribution in [2.24, 2.45) is 0 Å². The quantitative estimate of drug-likeness (QED) is 0.166. The molecule has 188 valence electrons. The third-order valence-corrected chi connectivity index (χ3v) is 3.76. The molecule has 0 aliphatic heterocycles. The number of amides is 1.